The van der Waals surface area contributed by atoms with Gasteiger partial charge in [-0.1, -0.05) is 11.6 Å². The summed E-state index contributed by atoms with van der Waals surface area (Å²) in [5.41, 5.74) is 2.80. The Labute approximate surface area is 244 Å². The summed E-state index contributed by atoms with van der Waals surface area (Å²) < 4.78 is 31.8. The third kappa shape index (κ3) is 7.98. The molecule has 2 N–H and O–H groups in total. The summed E-state index contributed by atoms with van der Waals surface area (Å²) in [6.45, 7) is 12.7. The lowest BCUT2D eigenvalue weighted by Gasteiger charge is -2.35. The van der Waals surface area contributed by atoms with Gasteiger partial charge in [-0.05, 0) is 66.7 Å². The Kier molecular flexibility index (Phi) is 9.70. The predicted molar refractivity (Wildman–Crippen MR) is 152 cm³/mol. The highest BCUT2D eigenvalue weighted by Crippen LogP contribution is 2.31. The molecule has 3 rings (SSSR count). The number of pyridine rings is 1. The molecule has 1 fully saturated rings. The molecule has 2 aromatic rings. The molecule has 0 bridgehead atoms. The molecule has 2 heterocycles. The third-order valence-electron chi connectivity index (χ3n) is 6.30. The molecule has 1 unspecified atom stereocenters. The van der Waals surface area contributed by atoms with E-state index in [1.807, 2.05) is 25.8 Å². The molecule has 1 aliphatic rings. The number of anilines is 1. The molecule has 13 heteroatoms. The van der Waals surface area contributed by atoms with E-state index < -0.39 is 41.1 Å². The maximum atomic E-state index is 14.9. The minimum atomic E-state index is -0.957. The van der Waals surface area contributed by atoms with Crippen LogP contribution in [0.4, 0.5) is 15.0 Å². The highest BCUT2D eigenvalue weighted by atomic mass is 35.5. The minimum absolute atomic E-state index is 0.108. The Balaban J connectivity index is 1.62. The zero-order valence-electron chi connectivity index (χ0n) is 24.5. The standard InChI is InChI=1S/C28H37ClFN5O6/c1-16(2)34(8)23-10-9-17(13-31-23)24(36)32-33-25(37)19-11-21(30)22(12-20(19)29)39-14-18-15-40-28(6,7)35(18)26(38)41-27(3,4)5/h9-13,16,18H,14-15H2,1-8H3,(H,32,36)(H,33,37). The SMILES string of the molecule is CC(C)N(C)c1ccc(C(=O)NNC(=O)c2cc(F)c(OCC3COC(C)(C)N3C(=O)OC(C)(C)C)cc2Cl)cn1. The molecule has 3 amide bonds. The van der Waals surface area contributed by atoms with Gasteiger partial charge < -0.3 is 19.1 Å². The van der Waals surface area contributed by atoms with Gasteiger partial charge in [0.1, 0.15) is 23.8 Å². The Hall–Kier alpha value is -3.64. The highest BCUT2D eigenvalue weighted by molar-refractivity contribution is 6.34. The third-order valence-corrected chi connectivity index (χ3v) is 6.61. The van der Waals surface area contributed by atoms with Crippen molar-refractivity contribution in [2.24, 2.45) is 0 Å². The van der Waals surface area contributed by atoms with Crippen LogP contribution in [0.2, 0.25) is 5.02 Å². The molecule has 1 aliphatic heterocycles. The van der Waals surface area contributed by atoms with Gasteiger partial charge in [-0.3, -0.25) is 25.3 Å². The molecule has 0 saturated carbocycles. The first kappa shape index (κ1) is 31.9. The second kappa shape index (κ2) is 12.5. The number of carbonyl (C=O) groups is 3. The summed E-state index contributed by atoms with van der Waals surface area (Å²) in [5, 5.41) is -0.108. The molecule has 1 aromatic carbocycles. The van der Waals surface area contributed by atoms with Gasteiger partial charge >= 0.3 is 6.09 Å². The van der Waals surface area contributed by atoms with Crippen molar-refractivity contribution in [3.63, 3.8) is 0 Å². The molecule has 41 heavy (non-hydrogen) atoms. The number of nitrogens with zero attached hydrogens (tertiary/aromatic N) is 3. The van der Waals surface area contributed by atoms with Gasteiger partial charge in [-0.2, -0.15) is 0 Å². The summed E-state index contributed by atoms with van der Waals surface area (Å²) in [4.78, 5) is 45.5. The normalized spacial score (nSPS) is 16.4. The van der Waals surface area contributed by atoms with Crippen molar-refractivity contribution in [3.8, 4) is 5.75 Å². The van der Waals surface area contributed by atoms with Crippen LogP contribution in [-0.4, -0.2) is 71.5 Å². The fourth-order valence-electron chi connectivity index (χ4n) is 3.93. The number of hydrazine groups is 1. The van der Waals surface area contributed by atoms with Crippen molar-refractivity contribution in [2.75, 3.05) is 25.2 Å². The first-order valence-corrected chi connectivity index (χ1v) is 13.5. The van der Waals surface area contributed by atoms with E-state index in [9.17, 15) is 18.8 Å². The summed E-state index contributed by atoms with van der Waals surface area (Å²) in [7, 11) is 1.88. The van der Waals surface area contributed by atoms with Crippen LogP contribution in [0.5, 0.6) is 5.75 Å². The van der Waals surface area contributed by atoms with E-state index in [4.69, 9.17) is 25.8 Å². The zero-order chi connectivity index (χ0) is 30.7. The monoisotopic (exact) mass is 593 g/mol. The number of amides is 3. The fraction of sp³-hybridized carbons (Fsp3) is 0.500. The van der Waals surface area contributed by atoms with E-state index in [-0.39, 0.29) is 41.2 Å². The van der Waals surface area contributed by atoms with Crippen molar-refractivity contribution in [2.45, 2.75) is 71.9 Å². The maximum Gasteiger partial charge on any atom is 0.413 e. The quantitative estimate of drug-likeness (QED) is 0.449. The average molecular weight is 594 g/mol. The van der Waals surface area contributed by atoms with Crippen LogP contribution < -0.4 is 20.5 Å². The molecule has 0 aliphatic carbocycles. The minimum Gasteiger partial charge on any atom is -0.488 e. The van der Waals surface area contributed by atoms with Crippen molar-refractivity contribution in [1.82, 2.24) is 20.7 Å². The first-order chi connectivity index (χ1) is 19.0. The van der Waals surface area contributed by atoms with E-state index in [1.165, 1.54) is 11.1 Å². The summed E-state index contributed by atoms with van der Waals surface area (Å²) in [6.07, 6.45) is 0.797. The van der Waals surface area contributed by atoms with Gasteiger partial charge in [0.2, 0.25) is 0 Å². The lowest BCUT2D eigenvalue weighted by molar-refractivity contribution is -0.0637. The topological polar surface area (TPSA) is 122 Å². The van der Waals surface area contributed by atoms with Crippen LogP contribution in [0, 0.1) is 5.82 Å². The average Bonchev–Trinajstić information content (AvgIpc) is 3.19. The Morgan fingerprint density at radius 3 is 2.46 bits per heavy atom. The summed E-state index contributed by atoms with van der Waals surface area (Å²) in [6, 6.07) is 4.97. The number of ether oxygens (including phenoxy) is 3. The Morgan fingerprint density at radius 1 is 1.22 bits per heavy atom. The lowest BCUT2D eigenvalue weighted by atomic mass is 10.2. The van der Waals surface area contributed by atoms with Crippen molar-refractivity contribution in [1.29, 1.82) is 0 Å². The molecular weight excluding hydrogens is 557 g/mol. The second-order valence-corrected chi connectivity index (χ2v) is 11.8. The highest BCUT2D eigenvalue weighted by Gasteiger charge is 2.46. The van der Waals surface area contributed by atoms with Crippen LogP contribution in [0.1, 0.15) is 69.2 Å². The van der Waals surface area contributed by atoms with Crippen molar-refractivity contribution in [3.05, 3.63) is 52.4 Å². The van der Waals surface area contributed by atoms with Gasteiger partial charge in [-0.15, -0.1) is 0 Å². The van der Waals surface area contributed by atoms with Crippen LogP contribution in [0.15, 0.2) is 30.5 Å². The Bertz CT molecular complexity index is 1280. The number of nitrogens with one attached hydrogen (secondary N) is 2. The molecule has 1 saturated heterocycles. The van der Waals surface area contributed by atoms with E-state index >= 15 is 0 Å². The van der Waals surface area contributed by atoms with Gasteiger partial charge in [-0.25, -0.2) is 14.2 Å². The van der Waals surface area contributed by atoms with Crippen molar-refractivity contribution >= 4 is 35.3 Å². The maximum absolute atomic E-state index is 14.9. The van der Waals surface area contributed by atoms with Gasteiger partial charge in [0.25, 0.3) is 11.8 Å². The van der Waals surface area contributed by atoms with Crippen molar-refractivity contribution < 1.29 is 33.0 Å². The van der Waals surface area contributed by atoms with E-state index in [2.05, 4.69) is 15.8 Å². The summed E-state index contributed by atoms with van der Waals surface area (Å²) >= 11 is 6.25. The smallest absolute Gasteiger partial charge is 0.413 e. The molecule has 1 aromatic heterocycles. The predicted octanol–water partition coefficient (Wildman–Crippen LogP) is 4.54. The molecular formula is C28H37ClFN5O6. The van der Waals surface area contributed by atoms with Crippen LogP contribution in [0.3, 0.4) is 0 Å². The fourth-order valence-corrected chi connectivity index (χ4v) is 4.17. The molecule has 0 spiro atoms. The van der Waals surface area contributed by atoms with E-state index in [0.717, 1.165) is 12.1 Å². The number of hydrogen-bond donors (Lipinski definition) is 2. The van der Waals surface area contributed by atoms with Crippen LogP contribution in [0.25, 0.3) is 0 Å². The number of benzene rings is 1. The largest absolute Gasteiger partial charge is 0.488 e. The molecule has 11 nitrogen and oxygen atoms in total. The zero-order valence-corrected chi connectivity index (χ0v) is 25.3. The summed E-state index contributed by atoms with van der Waals surface area (Å²) in [5.74, 6) is -1.84. The van der Waals surface area contributed by atoms with Gasteiger partial charge in [0.15, 0.2) is 11.6 Å². The first-order valence-electron chi connectivity index (χ1n) is 13.1. The lowest BCUT2D eigenvalue weighted by Crippen LogP contribution is -2.51. The number of aromatic nitrogens is 1. The molecule has 224 valence electrons. The number of halogens is 2. The Morgan fingerprint density at radius 2 is 1.88 bits per heavy atom. The van der Waals surface area contributed by atoms with Gasteiger partial charge in [0.05, 0.1) is 28.8 Å². The molecule has 0 radical (unpaired) electrons. The van der Waals surface area contributed by atoms with Crippen LogP contribution >= 0.6 is 11.6 Å². The van der Waals surface area contributed by atoms with E-state index in [1.54, 1.807) is 46.8 Å². The van der Waals surface area contributed by atoms with Gasteiger partial charge in [0, 0.05) is 25.4 Å². The number of carbonyl (C=O) groups excluding carboxylic acids is 3. The number of hydrogen-bond acceptors (Lipinski definition) is 8. The number of rotatable bonds is 7. The van der Waals surface area contributed by atoms with E-state index in [0.29, 0.717) is 5.82 Å². The molecule has 1 atom stereocenters. The van der Waals surface area contributed by atoms with Crippen LogP contribution in [-0.2, 0) is 9.47 Å². The second-order valence-electron chi connectivity index (χ2n) is 11.4.